The molecular weight excluding hydrogens is 419 g/mol. The van der Waals surface area contributed by atoms with Crippen LogP contribution in [0.5, 0.6) is 0 Å². The molecule has 1 heterocycles. The highest BCUT2D eigenvalue weighted by atomic mass is 127. The molecule has 0 radical (unpaired) electrons. The molecule has 1 unspecified atom stereocenters. The van der Waals surface area contributed by atoms with Crippen LogP contribution in [-0.2, 0) is 0 Å². The molecule has 19 heavy (non-hydrogen) atoms. The molecule has 1 aliphatic rings. The van der Waals surface area contributed by atoms with E-state index in [9.17, 15) is 4.79 Å². The monoisotopic (exact) mass is 436 g/mol. The van der Waals surface area contributed by atoms with E-state index in [1.54, 1.807) is 0 Å². The van der Waals surface area contributed by atoms with Gasteiger partial charge in [-0.2, -0.15) is 0 Å². The van der Waals surface area contributed by atoms with Crippen LogP contribution in [0.1, 0.15) is 29.6 Å². The summed E-state index contributed by atoms with van der Waals surface area (Å²) in [6.45, 7) is 2.41. The number of piperidine rings is 1. The Morgan fingerprint density at radius 2 is 2.32 bits per heavy atom. The van der Waals surface area contributed by atoms with Crippen molar-refractivity contribution in [3.05, 3.63) is 31.8 Å². The van der Waals surface area contributed by atoms with E-state index in [1.807, 2.05) is 23.1 Å². The zero-order valence-electron chi connectivity index (χ0n) is 10.7. The molecule has 1 aliphatic heterocycles. The number of carbonyl (C=O) groups is 1. The van der Waals surface area contributed by atoms with Gasteiger partial charge < -0.3 is 10.6 Å². The number of halogens is 2. The minimum atomic E-state index is 0.132. The van der Waals surface area contributed by atoms with Gasteiger partial charge in [-0.3, -0.25) is 4.79 Å². The summed E-state index contributed by atoms with van der Waals surface area (Å²) in [7, 11) is 0. The van der Waals surface area contributed by atoms with E-state index in [0.29, 0.717) is 12.5 Å². The van der Waals surface area contributed by atoms with Gasteiger partial charge in [-0.05, 0) is 88.4 Å². The minimum Gasteiger partial charge on any atom is -0.338 e. The van der Waals surface area contributed by atoms with Gasteiger partial charge in [-0.25, -0.2) is 0 Å². The van der Waals surface area contributed by atoms with Crippen LogP contribution in [0.4, 0.5) is 0 Å². The van der Waals surface area contributed by atoms with Crippen molar-refractivity contribution in [3.63, 3.8) is 0 Å². The molecule has 1 atom stereocenters. The van der Waals surface area contributed by atoms with E-state index in [2.05, 4.69) is 38.5 Å². The Morgan fingerprint density at radius 3 is 3.05 bits per heavy atom. The van der Waals surface area contributed by atoms with Gasteiger partial charge in [0.15, 0.2) is 0 Å². The van der Waals surface area contributed by atoms with Crippen LogP contribution in [0.2, 0.25) is 0 Å². The highest BCUT2D eigenvalue weighted by Gasteiger charge is 2.25. The molecular formula is C14H18BrIN2O. The molecule has 0 bridgehead atoms. The molecule has 2 N–H and O–H groups in total. The first kappa shape index (κ1) is 15.3. The van der Waals surface area contributed by atoms with E-state index < -0.39 is 0 Å². The molecule has 0 aliphatic carbocycles. The Hall–Kier alpha value is -0.140. The summed E-state index contributed by atoms with van der Waals surface area (Å²) in [5.41, 5.74) is 6.39. The van der Waals surface area contributed by atoms with Crippen LogP contribution < -0.4 is 5.73 Å². The Balaban J connectivity index is 2.12. The van der Waals surface area contributed by atoms with E-state index in [4.69, 9.17) is 5.73 Å². The van der Waals surface area contributed by atoms with Gasteiger partial charge in [0.05, 0.1) is 5.56 Å². The summed E-state index contributed by atoms with van der Waals surface area (Å²) in [5, 5.41) is 0. The molecule has 5 heteroatoms. The highest BCUT2D eigenvalue weighted by molar-refractivity contribution is 14.1. The van der Waals surface area contributed by atoms with Gasteiger partial charge in [-0.1, -0.05) is 0 Å². The molecule has 0 aromatic heterocycles. The quantitative estimate of drug-likeness (QED) is 0.739. The lowest BCUT2D eigenvalue weighted by Crippen LogP contribution is -2.40. The molecule has 3 nitrogen and oxygen atoms in total. The molecule has 1 aromatic carbocycles. The average Bonchev–Trinajstić information content (AvgIpc) is 2.41. The van der Waals surface area contributed by atoms with Crippen molar-refractivity contribution in [1.82, 2.24) is 4.90 Å². The molecule has 0 saturated carbocycles. The first-order valence-corrected chi connectivity index (χ1v) is 8.43. The fraction of sp³-hybridized carbons (Fsp3) is 0.500. The largest absolute Gasteiger partial charge is 0.338 e. The summed E-state index contributed by atoms with van der Waals surface area (Å²) in [4.78, 5) is 14.6. The third kappa shape index (κ3) is 3.92. The maximum absolute atomic E-state index is 12.6. The molecule has 104 valence electrons. The third-order valence-corrected chi connectivity index (χ3v) is 4.90. The van der Waals surface area contributed by atoms with Gasteiger partial charge in [-0.15, -0.1) is 0 Å². The second-order valence-electron chi connectivity index (χ2n) is 4.96. The normalized spacial score (nSPS) is 19.5. The fourth-order valence-electron chi connectivity index (χ4n) is 2.55. The molecule has 2 rings (SSSR count). The predicted molar refractivity (Wildman–Crippen MR) is 89.2 cm³/mol. The standard InChI is InChI=1S/C14H18BrIN2O/c15-13-4-3-11(16)8-12(13)14(19)18-7-1-2-10(9-18)5-6-17/h3-4,8,10H,1-2,5-7,9,17H2. The third-order valence-electron chi connectivity index (χ3n) is 3.54. The number of nitrogens with two attached hydrogens (primary N) is 1. The lowest BCUT2D eigenvalue weighted by Gasteiger charge is -2.33. The van der Waals surface area contributed by atoms with E-state index in [1.165, 1.54) is 6.42 Å². The zero-order valence-corrected chi connectivity index (χ0v) is 14.5. The van der Waals surface area contributed by atoms with Crippen molar-refractivity contribution in [2.75, 3.05) is 19.6 Å². The van der Waals surface area contributed by atoms with E-state index in [0.717, 1.165) is 39.5 Å². The number of nitrogens with zero attached hydrogens (tertiary/aromatic N) is 1. The molecule has 0 spiro atoms. The van der Waals surface area contributed by atoms with Crippen molar-refractivity contribution in [2.24, 2.45) is 11.7 Å². The Bertz CT molecular complexity index is 465. The predicted octanol–water partition coefficient (Wildman–Crippen LogP) is 3.25. The van der Waals surface area contributed by atoms with Crippen LogP contribution >= 0.6 is 38.5 Å². The number of benzene rings is 1. The molecule has 1 aromatic rings. The molecule has 1 fully saturated rings. The maximum Gasteiger partial charge on any atom is 0.255 e. The number of likely N-dealkylation sites (tertiary alicyclic amines) is 1. The Morgan fingerprint density at radius 1 is 1.53 bits per heavy atom. The SMILES string of the molecule is NCCC1CCCN(C(=O)c2cc(I)ccc2Br)C1. The van der Waals surface area contributed by atoms with Gasteiger partial charge in [0.25, 0.3) is 5.91 Å². The minimum absolute atomic E-state index is 0.132. The second kappa shape index (κ2) is 7.04. The van der Waals surface area contributed by atoms with Crippen LogP contribution in [0.3, 0.4) is 0 Å². The van der Waals surface area contributed by atoms with Crippen LogP contribution in [0.25, 0.3) is 0 Å². The maximum atomic E-state index is 12.6. The topological polar surface area (TPSA) is 46.3 Å². The lowest BCUT2D eigenvalue weighted by atomic mass is 9.94. The van der Waals surface area contributed by atoms with Crippen molar-refractivity contribution in [2.45, 2.75) is 19.3 Å². The highest BCUT2D eigenvalue weighted by Crippen LogP contribution is 2.25. The Labute approximate surface area is 136 Å². The van der Waals surface area contributed by atoms with Crippen LogP contribution in [0.15, 0.2) is 22.7 Å². The number of amides is 1. The fourth-order valence-corrected chi connectivity index (χ4v) is 3.46. The summed E-state index contributed by atoms with van der Waals surface area (Å²) in [5.74, 6) is 0.691. The van der Waals surface area contributed by atoms with Gasteiger partial charge >= 0.3 is 0 Å². The Kier molecular flexibility index (Phi) is 5.65. The zero-order chi connectivity index (χ0) is 13.8. The summed E-state index contributed by atoms with van der Waals surface area (Å²) in [6.07, 6.45) is 3.28. The smallest absolute Gasteiger partial charge is 0.255 e. The number of hydrogen-bond donors (Lipinski definition) is 1. The molecule has 1 saturated heterocycles. The number of rotatable bonds is 3. The van der Waals surface area contributed by atoms with Crippen LogP contribution in [-0.4, -0.2) is 30.4 Å². The number of carbonyl (C=O) groups excluding carboxylic acids is 1. The van der Waals surface area contributed by atoms with Gasteiger partial charge in [0.1, 0.15) is 0 Å². The van der Waals surface area contributed by atoms with Crippen molar-refractivity contribution < 1.29 is 4.79 Å². The van der Waals surface area contributed by atoms with Crippen LogP contribution in [0, 0.1) is 9.49 Å². The second-order valence-corrected chi connectivity index (χ2v) is 7.06. The van der Waals surface area contributed by atoms with E-state index >= 15 is 0 Å². The summed E-state index contributed by atoms with van der Waals surface area (Å²) in [6, 6.07) is 5.88. The summed E-state index contributed by atoms with van der Waals surface area (Å²) < 4.78 is 1.96. The summed E-state index contributed by atoms with van der Waals surface area (Å²) >= 11 is 5.71. The lowest BCUT2D eigenvalue weighted by molar-refractivity contribution is 0.0668. The van der Waals surface area contributed by atoms with Crippen molar-refractivity contribution in [3.8, 4) is 0 Å². The average molecular weight is 437 g/mol. The first-order chi connectivity index (χ1) is 9.11. The first-order valence-electron chi connectivity index (χ1n) is 6.56. The number of hydrogen-bond acceptors (Lipinski definition) is 2. The van der Waals surface area contributed by atoms with Crippen molar-refractivity contribution >= 4 is 44.4 Å². The van der Waals surface area contributed by atoms with Crippen molar-refractivity contribution in [1.29, 1.82) is 0 Å². The van der Waals surface area contributed by atoms with E-state index in [-0.39, 0.29) is 5.91 Å². The van der Waals surface area contributed by atoms with Gasteiger partial charge in [0.2, 0.25) is 0 Å². The molecule has 1 amide bonds. The van der Waals surface area contributed by atoms with Gasteiger partial charge in [0, 0.05) is 21.1 Å².